The average molecular weight is 703 g/mol. The number of terminal acetylenes is 2. The minimum absolute atomic E-state index is 0.0400. The van der Waals surface area contributed by atoms with E-state index in [0.717, 1.165) is 25.2 Å². The molecular weight excluding hydrogens is 653 g/mol. The number of nitrogens with zero attached hydrogens (tertiary/aromatic N) is 3. The first-order valence-electron chi connectivity index (χ1n) is 15.1. The van der Waals surface area contributed by atoms with Gasteiger partial charge in [0.05, 0.1) is 11.6 Å². The zero-order valence-electron chi connectivity index (χ0n) is 28.2. The van der Waals surface area contributed by atoms with Gasteiger partial charge in [0.1, 0.15) is 17.4 Å². The molecule has 1 aromatic carbocycles. The van der Waals surface area contributed by atoms with Crippen LogP contribution in [-0.2, 0) is 9.59 Å². The van der Waals surface area contributed by atoms with Gasteiger partial charge in [0.25, 0.3) is 0 Å². The van der Waals surface area contributed by atoms with Crippen LogP contribution in [0.3, 0.4) is 0 Å². The number of rotatable bonds is 7. The molecule has 2 amide bonds. The molecule has 1 aliphatic heterocycles. The molecule has 2 N–H and O–H groups in total. The zero-order valence-corrected chi connectivity index (χ0v) is 30.6. The SMILES string of the molecule is C#C.C#C.C=C.C=C.CC.CC(C)C.O=C(NC1CC1)[C@@H]1CCCN1C(=O)CNc1nc(-c2cc(-c3ccc(Cl)cc3Cl)no2)cs1. The summed E-state index contributed by atoms with van der Waals surface area (Å²) >= 11 is 13.6. The first-order valence-corrected chi connectivity index (χ1v) is 16.7. The van der Waals surface area contributed by atoms with Crippen molar-refractivity contribution in [3.63, 3.8) is 0 Å². The number of anilines is 1. The molecule has 2 fully saturated rings. The lowest BCUT2D eigenvalue weighted by Crippen LogP contribution is -2.48. The highest BCUT2D eigenvalue weighted by Crippen LogP contribution is 2.33. The van der Waals surface area contributed by atoms with Crippen molar-refractivity contribution in [2.75, 3.05) is 18.4 Å². The van der Waals surface area contributed by atoms with Gasteiger partial charge in [-0.3, -0.25) is 9.59 Å². The molecule has 0 spiro atoms. The standard InChI is InChI=1S/C22H21Cl2N5O3S.C4H10.C2H6.2C2H4.2C2H2/c23-12-3-6-14(15(24)8-12)16-9-19(32-28-16)17-11-33-22(27-17)25-10-20(30)29-7-1-2-18(29)21(31)26-13-4-5-13;1-4(2)3;5*1-2/h3,6,8-9,11,13,18H,1-2,4-5,7,10H2,(H,25,27)(H,26,31);4H,1-3H3;1-2H3;2*1-2H2;2*1-2H/t18-;;;;;;/m0....../s1. The van der Waals surface area contributed by atoms with Crippen LogP contribution < -0.4 is 10.6 Å². The highest BCUT2D eigenvalue weighted by Gasteiger charge is 2.36. The molecule has 0 bridgehead atoms. The number of halogens is 2. The maximum absolute atomic E-state index is 12.7. The summed E-state index contributed by atoms with van der Waals surface area (Å²) in [6.07, 6.45) is 19.6. The normalized spacial score (nSPS) is 13.7. The van der Waals surface area contributed by atoms with Crippen molar-refractivity contribution < 1.29 is 14.1 Å². The third-order valence-electron chi connectivity index (χ3n) is 5.66. The van der Waals surface area contributed by atoms with Gasteiger partial charge in [0.15, 0.2) is 10.9 Å². The Hall–Kier alpha value is -4.02. The predicted molar refractivity (Wildman–Crippen MR) is 202 cm³/mol. The fourth-order valence-electron chi connectivity index (χ4n) is 3.80. The van der Waals surface area contributed by atoms with Crippen molar-refractivity contribution in [2.45, 2.75) is 72.4 Å². The first kappa shape index (κ1) is 45.1. The second kappa shape index (κ2) is 26.1. The number of amides is 2. The Morgan fingerprint density at radius 2 is 1.62 bits per heavy atom. The number of aromatic nitrogens is 2. The summed E-state index contributed by atoms with van der Waals surface area (Å²) < 4.78 is 5.44. The summed E-state index contributed by atoms with van der Waals surface area (Å²) in [5, 5.41) is 13.6. The minimum atomic E-state index is -0.376. The fraction of sp³-hybridized carbons (Fsp3) is 0.389. The number of hydrogen-bond acceptors (Lipinski definition) is 7. The second-order valence-electron chi connectivity index (χ2n) is 9.85. The van der Waals surface area contributed by atoms with E-state index in [9.17, 15) is 9.59 Å². The largest absolute Gasteiger partial charge is 0.354 e. The zero-order chi connectivity index (χ0) is 36.5. The van der Waals surface area contributed by atoms with Crippen molar-refractivity contribution in [1.29, 1.82) is 0 Å². The maximum Gasteiger partial charge on any atom is 0.243 e. The molecule has 3 heterocycles. The van der Waals surface area contributed by atoms with Gasteiger partial charge in [0.2, 0.25) is 11.8 Å². The number of benzene rings is 1. The molecule has 1 aliphatic carbocycles. The van der Waals surface area contributed by atoms with E-state index >= 15 is 0 Å². The van der Waals surface area contributed by atoms with Gasteiger partial charge < -0.3 is 20.1 Å². The summed E-state index contributed by atoms with van der Waals surface area (Å²) in [5.41, 5.74) is 1.89. The Labute approximate surface area is 296 Å². The van der Waals surface area contributed by atoms with E-state index in [1.165, 1.54) is 11.3 Å². The molecule has 0 radical (unpaired) electrons. The summed E-state index contributed by atoms with van der Waals surface area (Å²) in [4.78, 5) is 31.3. The topological polar surface area (TPSA) is 100 Å². The van der Waals surface area contributed by atoms with Crippen LogP contribution in [-0.4, -0.2) is 52.0 Å². The van der Waals surface area contributed by atoms with Crippen LogP contribution in [0, 0.1) is 31.6 Å². The van der Waals surface area contributed by atoms with E-state index in [2.05, 4.69) is 93.6 Å². The smallest absolute Gasteiger partial charge is 0.243 e. The van der Waals surface area contributed by atoms with Gasteiger partial charge in [-0.1, -0.05) is 63.0 Å². The Bertz CT molecular complexity index is 1350. The first-order chi connectivity index (χ1) is 22.7. The molecule has 8 nitrogen and oxygen atoms in total. The van der Waals surface area contributed by atoms with Gasteiger partial charge in [-0.2, -0.15) is 0 Å². The van der Waals surface area contributed by atoms with Gasteiger partial charge >= 0.3 is 0 Å². The number of carbonyl (C=O) groups excluding carboxylic acids is 2. The summed E-state index contributed by atoms with van der Waals surface area (Å²) in [5.74, 6) is 1.17. The van der Waals surface area contributed by atoms with Crippen LogP contribution in [0.5, 0.6) is 0 Å². The van der Waals surface area contributed by atoms with Crippen molar-refractivity contribution in [3.8, 4) is 48.4 Å². The van der Waals surface area contributed by atoms with E-state index in [1.807, 2.05) is 19.2 Å². The molecule has 0 unspecified atom stereocenters. The highest BCUT2D eigenvalue weighted by molar-refractivity contribution is 7.14. The van der Waals surface area contributed by atoms with Crippen LogP contribution in [0.15, 0.2) is 60.5 Å². The molecule has 5 rings (SSSR count). The van der Waals surface area contributed by atoms with Gasteiger partial charge in [-0.15, -0.1) is 63.3 Å². The summed E-state index contributed by atoms with van der Waals surface area (Å²) in [6.45, 7) is 23.2. The van der Waals surface area contributed by atoms with Gasteiger partial charge in [-0.05, 0) is 49.8 Å². The lowest BCUT2D eigenvalue weighted by molar-refractivity contribution is -0.137. The van der Waals surface area contributed by atoms with E-state index in [-0.39, 0.29) is 30.4 Å². The molecule has 11 heteroatoms. The quantitative estimate of drug-likeness (QED) is 0.188. The number of likely N-dealkylation sites (tertiary alicyclic amines) is 1. The van der Waals surface area contributed by atoms with Crippen LogP contribution in [0.2, 0.25) is 10.0 Å². The van der Waals surface area contributed by atoms with Crippen LogP contribution in [0.4, 0.5) is 5.13 Å². The monoisotopic (exact) mass is 701 g/mol. The number of thiazole rings is 1. The average Bonchev–Trinajstić information content (AvgIpc) is 3.46. The third kappa shape index (κ3) is 15.9. The number of hydrogen-bond donors (Lipinski definition) is 2. The molecule has 2 aliphatic rings. The molecule has 1 atom stereocenters. The van der Waals surface area contributed by atoms with Gasteiger partial charge in [0, 0.05) is 34.6 Å². The Balaban J connectivity index is 0. The summed E-state index contributed by atoms with van der Waals surface area (Å²) in [7, 11) is 0. The summed E-state index contributed by atoms with van der Waals surface area (Å²) in [6, 6.07) is 6.83. The lowest BCUT2D eigenvalue weighted by Gasteiger charge is -2.24. The molecular formula is C36H49Cl2N5O3S. The molecule has 1 saturated carbocycles. The molecule has 256 valence electrons. The van der Waals surface area contributed by atoms with Crippen molar-refractivity contribution in [2.24, 2.45) is 5.92 Å². The van der Waals surface area contributed by atoms with Crippen LogP contribution in [0.25, 0.3) is 22.7 Å². The maximum atomic E-state index is 12.7. The van der Waals surface area contributed by atoms with Crippen LogP contribution >= 0.6 is 34.5 Å². The van der Waals surface area contributed by atoms with E-state index < -0.39 is 0 Å². The Morgan fingerprint density at radius 3 is 2.17 bits per heavy atom. The van der Waals surface area contributed by atoms with Crippen molar-refractivity contribution in [1.82, 2.24) is 20.4 Å². The van der Waals surface area contributed by atoms with Crippen LogP contribution in [0.1, 0.15) is 60.3 Å². The van der Waals surface area contributed by atoms with E-state index in [0.29, 0.717) is 50.9 Å². The fourth-order valence-corrected chi connectivity index (χ4v) is 5.01. The molecule has 2 aromatic heterocycles. The minimum Gasteiger partial charge on any atom is -0.354 e. The van der Waals surface area contributed by atoms with E-state index in [1.54, 1.807) is 29.2 Å². The molecule has 1 saturated heterocycles. The van der Waals surface area contributed by atoms with Crippen molar-refractivity contribution >= 4 is 51.5 Å². The van der Waals surface area contributed by atoms with E-state index in [4.69, 9.17) is 27.7 Å². The van der Waals surface area contributed by atoms with Gasteiger partial charge in [-0.25, -0.2) is 4.98 Å². The van der Waals surface area contributed by atoms with Crippen molar-refractivity contribution in [3.05, 3.63) is 66.0 Å². The second-order valence-corrected chi connectivity index (χ2v) is 11.6. The third-order valence-corrected chi connectivity index (χ3v) is 7.01. The number of nitrogens with one attached hydrogen (secondary N) is 2. The highest BCUT2D eigenvalue weighted by atomic mass is 35.5. The lowest BCUT2D eigenvalue weighted by atomic mass is 10.1. The molecule has 3 aromatic rings. The molecule has 47 heavy (non-hydrogen) atoms. The number of carbonyl (C=O) groups is 2. The predicted octanol–water partition coefficient (Wildman–Crippen LogP) is 9.25. The Morgan fingerprint density at radius 1 is 1.02 bits per heavy atom. The Kier molecular flexibility index (Phi) is 25.0.